The highest BCUT2D eigenvalue weighted by Crippen LogP contribution is 2.28. The Morgan fingerprint density at radius 3 is 2.96 bits per heavy atom. The molecule has 142 valence electrons. The largest absolute Gasteiger partial charge is 0.322 e. The Balaban J connectivity index is 1.53. The average molecular weight is 379 g/mol. The van der Waals surface area contributed by atoms with Crippen LogP contribution >= 0.6 is 0 Å². The molecule has 0 spiro atoms. The van der Waals surface area contributed by atoms with Gasteiger partial charge in [0, 0.05) is 25.1 Å². The van der Waals surface area contributed by atoms with Gasteiger partial charge in [0.05, 0.1) is 30.2 Å². The Morgan fingerprint density at radius 2 is 2.18 bits per heavy atom. The maximum atomic E-state index is 12.9. The number of carbonyl (C=O) groups excluding carboxylic acids is 3. The molecule has 1 unspecified atom stereocenters. The van der Waals surface area contributed by atoms with Crippen molar-refractivity contribution in [3.8, 4) is 11.8 Å². The van der Waals surface area contributed by atoms with E-state index in [-0.39, 0.29) is 24.8 Å². The van der Waals surface area contributed by atoms with Crippen molar-refractivity contribution in [2.24, 2.45) is 0 Å². The van der Waals surface area contributed by atoms with Crippen LogP contribution in [0.15, 0.2) is 24.4 Å². The minimum Gasteiger partial charge on any atom is -0.322 e. The van der Waals surface area contributed by atoms with Crippen LogP contribution in [0.3, 0.4) is 0 Å². The number of rotatable bonds is 5. The van der Waals surface area contributed by atoms with Crippen LogP contribution in [0.2, 0.25) is 0 Å². The zero-order valence-electron chi connectivity index (χ0n) is 14.9. The third-order valence-corrected chi connectivity index (χ3v) is 4.83. The van der Waals surface area contributed by atoms with Gasteiger partial charge in [-0.1, -0.05) is 11.3 Å². The van der Waals surface area contributed by atoms with Gasteiger partial charge in [0.2, 0.25) is 11.8 Å². The van der Waals surface area contributed by atoms with Crippen LogP contribution in [-0.4, -0.2) is 50.2 Å². The van der Waals surface area contributed by atoms with Crippen molar-refractivity contribution in [2.75, 3.05) is 6.54 Å². The van der Waals surface area contributed by atoms with Gasteiger partial charge in [-0.05, 0) is 24.1 Å². The van der Waals surface area contributed by atoms with E-state index in [0.29, 0.717) is 36.5 Å². The highest BCUT2D eigenvalue weighted by Gasteiger charge is 2.39. The minimum atomic E-state index is -0.634. The third-order valence-electron chi connectivity index (χ3n) is 4.83. The van der Waals surface area contributed by atoms with Crippen molar-refractivity contribution < 1.29 is 14.4 Å². The molecule has 0 aliphatic carbocycles. The Labute approximate surface area is 160 Å². The maximum absolute atomic E-state index is 12.9. The highest BCUT2D eigenvalue weighted by molar-refractivity contribution is 6.05. The van der Waals surface area contributed by atoms with Crippen LogP contribution in [0.25, 0.3) is 5.69 Å². The summed E-state index contributed by atoms with van der Waals surface area (Å²) in [6, 6.07) is 6.76. The Hall–Kier alpha value is -3.58. The molecule has 0 radical (unpaired) electrons. The summed E-state index contributed by atoms with van der Waals surface area (Å²) in [5, 5.41) is 21.9. The quantitative estimate of drug-likeness (QED) is 0.412. The number of benzene rings is 1. The molecule has 10 nitrogen and oxygen atoms in total. The molecular formula is C18H17N7O3. The predicted octanol–water partition coefficient (Wildman–Crippen LogP) is -0.359. The second kappa shape index (κ2) is 7.21. The smallest absolute Gasteiger partial charge is 0.255 e. The number of hydrogen-bond acceptors (Lipinski definition) is 7. The van der Waals surface area contributed by atoms with Crippen molar-refractivity contribution in [1.29, 1.82) is 5.26 Å². The molecule has 2 aromatic rings. The molecule has 0 bridgehead atoms. The van der Waals surface area contributed by atoms with Crippen LogP contribution in [0.5, 0.6) is 0 Å². The molecule has 3 heterocycles. The van der Waals surface area contributed by atoms with Crippen molar-refractivity contribution >= 4 is 17.7 Å². The van der Waals surface area contributed by atoms with Gasteiger partial charge < -0.3 is 4.90 Å². The number of fused-ring (bicyclic) bond motifs is 1. The summed E-state index contributed by atoms with van der Waals surface area (Å²) in [5.74, 6) is -0.968. The number of nitrogens with zero attached hydrogens (tertiary/aromatic N) is 5. The molecule has 1 fully saturated rings. The fraction of sp³-hybridized carbons (Fsp3) is 0.333. The summed E-state index contributed by atoms with van der Waals surface area (Å²) in [4.78, 5) is 37.8. The zero-order valence-corrected chi connectivity index (χ0v) is 14.9. The number of piperidine rings is 1. The molecule has 0 saturated carbocycles. The van der Waals surface area contributed by atoms with E-state index in [4.69, 9.17) is 5.26 Å². The van der Waals surface area contributed by atoms with Gasteiger partial charge in [-0.25, -0.2) is 4.68 Å². The van der Waals surface area contributed by atoms with E-state index in [1.807, 2.05) is 18.2 Å². The van der Waals surface area contributed by atoms with Gasteiger partial charge in [-0.2, -0.15) is 5.26 Å². The molecule has 2 N–H and O–H groups in total. The summed E-state index contributed by atoms with van der Waals surface area (Å²) in [6.45, 7) is 0.971. The monoisotopic (exact) mass is 379 g/mol. The average Bonchev–Trinajstić information content (AvgIpc) is 3.27. The fourth-order valence-electron chi connectivity index (χ4n) is 3.44. The SMILES string of the molecule is N#CCNCc1cn(-c2ccc3c(c2)C(=O)N(C2CCC(=O)NC2=O)C3)nn1. The minimum absolute atomic E-state index is 0.219. The van der Waals surface area contributed by atoms with Crippen molar-refractivity contribution in [1.82, 2.24) is 30.5 Å². The molecule has 2 aliphatic heterocycles. The Morgan fingerprint density at radius 1 is 1.32 bits per heavy atom. The summed E-state index contributed by atoms with van der Waals surface area (Å²) >= 11 is 0. The zero-order chi connectivity index (χ0) is 19.7. The van der Waals surface area contributed by atoms with Crippen LogP contribution < -0.4 is 10.6 Å². The standard InChI is InChI=1S/C18H17N7O3/c19-5-6-20-8-12-10-25(23-22-12)13-2-1-11-9-24(18(28)14(11)7-13)15-3-4-16(26)21-17(15)27/h1-2,7,10,15,20H,3-4,6,8-9H2,(H,21,26,27). The van der Waals surface area contributed by atoms with Crippen LogP contribution in [0.4, 0.5) is 0 Å². The Bertz CT molecular complexity index is 1010. The lowest BCUT2D eigenvalue weighted by Crippen LogP contribution is -2.52. The first kappa shape index (κ1) is 17.8. The molecule has 10 heteroatoms. The summed E-state index contributed by atoms with van der Waals surface area (Å²) < 4.78 is 1.56. The van der Waals surface area contributed by atoms with E-state index in [0.717, 1.165) is 5.56 Å². The van der Waals surface area contributed by atoms with Gasteiger partial charge in [-0.15, -0.1) is 5.10 Å². The third kappa shape index (κ3) is 3.23. The van der Waals surface area contributed by atoms with Crippen LogP contribution in [0.1, 0.15) is 34.5 Å². The van der Waals surface area contributed by atoms with Crippen LogP contribution in [-0.2, 0) is 22.7 Å². The number of aromatic nitrogens is 3. The van der Waals surface area contributed by atoms with E-state index in [1.165, 1.54) is 4.90 Å². The topological polar surface area (TPSA) is 133 Å². The molecule has 1 saturated heterocycles. The summed E-state index contributed by atoms with van der Waals surface area (Å²) in [5.41, 5.74) is 2.69. The first-order valence-corrected chi connectivity index (χ1v) is 8.83. The highest BCUT2D eigenvalue weighted by atomic mass is 16.2. The molecule has 28 heavy (non-hydrogen) atoms. The molecule has 2 aliphatic rings. The van der Waals surface area contributed by atoms with E-state index in [2.05, 4.69) is 20.9 Å². The van der Waals surface area contributed by atoms with Crippen molar-refractivity contribution in [2.45, 2.75) is 32.0 Å². The molecule has 1 aromatic carbocycles. The normalized spacial score (nSPS) is 18.8. The molecule has 4 rings (SSSR count). The number of amides is 3. The van der Waals surface area contributed by atoms with Gasteiger partial charge in [0.15, 0.2) is 0 Å². The second-order valence-corrected chi connectivity index (χ2v) is 6.66. The van der Waals surface area contributed by atoms with E-state index in [9.17, 15) is 14.4 Å². The second-order valence-electron chi connectivity index (χ2n) is 6.66. The Kier molecular flexibility index (Phi) is 4.58. The molecule has 1 atom stereocenters. The number of nitriles is 1. The molecule has 1 aromatic heterocycles. The van der Waals surface area contributed by atoms with Crippen LogP contribution in [0, 0.1) is 11.3 Å². The lowest BCUT2D eigenvalue weighted by atomic mass is 10.0. The number of hydrogen-bond donors (Lipinski definition) is 2. The number of nitrogens with one attached hydrogen (secondary N) is 2. The number of imide groups is 1. The number of carbonyl (C=O) groups is 3. The lowest BCUT2D eigenvalue weighted by Gasteiger charge is -2.29. The fourth-order valence-corrected chi connectivity index (χ4v) is 3.44. The summed E-state index contributed by atoms with van der Waals surface area (Å²) in [7, 11) is 0. The molecule has 3 amide bonds. The first-order chi connectivity index (χ1) is 13.6. The van der Waals surface area contributed by atoms with E-state index >= 15 is 0 Å². The maximum Gasteiger partial charge on any atom is 0.255 e. The van der Waals surface area contributed by atoms with Crippen molar-refractivity contribution in [3.05, 3.63) is 41.2 Å². The lowest BCUT2D eigenvalue weighted by molar-refractivity contribution is -0.136. The predicted molar refractivity (Wildman–Crippen MR) is 94.7 cm³/mol. The van der Waals surface area contributed by atoms with E-state index < -0.39 is 11.9 Å². The first-order valence-electron chi connectivity index (χ1n) is 8.83. The van der Waals surface area contributed by atoms with E-state index in [1.54, 1.807) is 16.9 Å². The van der Waals surface area contributed by atoms with Gasteiger partial charge in [-0.3, -0.25) is 25.0 Å². The summed E-state index contributed by atoms with van der Waals surface area (Å²) in [6.07, 6.45) is 2.28. The van der Waals surface area contributed by atoms with Gasteiger partial charge >= 0.3 is 0 Å². The van der Waals surface area contributed by atoms with Gasteiger partial charge in [0.1, 0.15) is 6.04 Å². The molecular weight excluding hydrogens is 362 g/mol. The van der Waals surface area contributed by atoms with Gasteiger partial charge in [0.25, 0.3) is 5.91 Å². The van der Waals surface area contributed by atoms with Crippen molar-refractivity contribution in [3.63, 3.8) is 0 Å².